The Bertz CT molecular complexity index is 803. The van der Waals surface area contributed by atoms with Gasteiger partial charge >= 0.3 is 17.9 Å². The summed E-state index contributed by atoms with van der Waals surface area (Å²) in [7, 11) is 0. The van der Waals surface area contributed by atoms with E-state index in [2.05, 4.69) is 0 Å². The van der Waals surface area contributed by atoms with E-state index in [0.717, 1.165) is 5.39 Å². The van der Waals surface area contributed by atoms with Gasteiger partial charge in [-0.25, -0.2) is 9.59 Å². The van der Waals surface area contributed by atoms with Gasteiger partial charge in [0.25, 0.3) is 0 Å². The van der Waals surface area contributed by atoms with Gasteiger partial charge in [0.1, 0.15) is 19.3 Å². The molecule has 0 aromatic heterocycles. The number of aliphatic hydroxyl groups is 1. The van der Waals surface area contributed by atoms with Crippen molar-refractivity contribution in [2.75, 3.05) is 19.8 Å². The van der Waals surface area contributed by atoms with Crippen LogP contribution in [0.25, 0.3) is 10.8 Å². The highest BCUT2D eigenvalue weighted by molar-refractivity contribution is 6.12. The molecule has 0 radical (unpaired) electrons. The maximum atomic E-state index is 12.0. The fraction of sp³-hybridized carbons (Fsp3) is 0.235. The number of benzene rings is 2. The zero-order chi connectivity index (χ0) is 18.4. The van der Waals surface area contributed by atoms with Gasteiger partial charge in [-0.1, -0.05) is 30.3 Å². The molecule has 0 aliphatic carbocycles. The summed E-state index contributed by atoms with van der Waals surface area (Å²) >= 11 is 0. The molecule has 8 nitrogen and oxygen atoms in total. The molecule has 0 spiro atoms. The number of cyclic esters (lactones) is 2. The van der Waals surface area contributed by atoms with Crippen LogP contribution >= 0.6 is 0 Å². The molecule has 8 heteroatoms. The predicted molar refractivity (Wildman–Crippen MR) is 87.2 cm³/mol. The number of hydrogen-bond donors (Lipinski definition) is 3. The summed E-state index contributed by atoms with van der Waals surface area (Å²) in [5.41, 5.74) is 5.32. The lowest BCUT2D eigenvalue weighted by Crippen LogP contribution is -2.33. The number of carboxylic acids is 1. The van der Waals surface area contributed by atoms with E-state index in [9.17, 15) is 14.4 Å². The number of carbonyl (C=O) groups is 3. The van der Waals surface area contributed by atoms with Gasteiger partial charge in [-0.05, 0) is 16.8 Å². The zero-order valence-corrected chi connectivity index (χ0v) is 13.2. The monoisotopic (exact) mass is 347 g/mol. The summed E-state index contributed by atoms with van der Waals surface area (Å²) in [6.07, 6.45) is 0. The minimum absolute atomic E-state index is 0.0905. The van der Waals surface area contributed by atoms with E-state index in [-0.39, 0.29) is 24.3 Å². The number of carboxylic acid groups (broad SMARTS) is 1. The van der Waals surface area contributed by atoms with Crippen molar-refractivity contribution in [1.29, 1.82) is 0 Å². The second-order valence-corrected chi connectivity index (χ2v) is 5.11. The van der Waals surface area contributed by atoms with Crippen LogP contribution in [0.15, 0.2) is 36.4 Å². The summed E-state index contributed by atoms with van der Waals surface area (Å²) < 4.78 is 10.0. The number of aliphatic hydroxyl groups excluding tert-OH is 1. The van der Waals surface area contributed by atoms with Crippen molar-refractivity contribution >= 4 is 28.7 Å². The lowest BCUT2D eigenvalue weighted by atomic mass is 9.99. The van der Waals surface area contributed by atoms with Crippen LogP contribution in [0.1, 0.15) is 20.7 Å². The molecule has 1 heterocycles. The Morgan fingerprint density at radius 1 is 1.08 bits per heavy atom. The predicted octanol–water partition coefficient (Wildman–Crippen LogP) is 0.558. The lowest BCUT2D eigenvalue weighted by Gasteiger charge is -2.15. The number of hydrogen-bond acceptors (Lipinski definition) is 7. The van der Waals surface area contributed by atoms with Gasteiger partial charge in [0.2, 0.25) is 0 Å². The van der Waals surface area contributed by atoms with Gasteiger partial charge in [-0.2, -0.15) is 0 Å². The molecule has 2 aromatic rings. The van der Waals surface area contributed by atoms with Crippen molar-refractivity contribution in [2.45, 2.75) is 6.04 Å². The maximum absolute atomic E-state index is 12.0. The molecule has 3 rings (SSSR count). The molecule has 0 fully saturated rings. The first-order valence-corrected chi connectivity index (χ1v) is 7.41. The van der Waals surface area contributed by atoms with Gasteiger partial charge in [0, 0.05) is 0 Å². The number of rotatable bonds is 2. The second-order valence-electron chi connectivity index (χ2n) is 5.11. The van der Waals surface area contributed by atoms with Crippen molar-refractivity contribution in [3.63, 3.8) is 0 Å². The Morgan fingerprint density at radius 3 is 2.32 bits per heavy atom. The Labute approximate surface area is 142 Å². The van der Waals surface area contributed by atoms with Crippen LogP contribution < -0.4 is 5.73 Å². The van der Waals surface area contributed by atoms with Crippen molar-refractivity contribution < 1.29 is 34.1 Å². The van der Waals surface area contributed by atoms with E-state index in [1.807, 2.05) is 18.2 Å². The first-order valence-electron chi connectivity index (χ1n) is 7.41. The average molecular weight is 347 g/mol. The first kappa shape index (κ1) is 18.4. The summed E-state index contributed by atoms with van der Waals surface area (Å²) in [5.74, 6) is -2.13. The molecular formula is C17H17NO7. The number of esters is 2. The van der Waals surface area contributed by atoms with E-state index in [4.69, 9.17) is 25.4 Å². The summed E-state index contributed by atoms with van der Waals surface area (Å²) in [6.45, 7) is -0.320. The summed E-state index contributed by atoms with van der Waals surface area (Å²) in [4.78, 5) is 33.5. The normalized spacial score (nSPS) is 14.8. The Kier molecular flexibility index (Phi) is 6.04. The summed E-state index contributed by atoms with van der Waals surface area (Å²) in [5, 5.41) is 17.5. The maximum Gasteiger partial charge on any atom is 0.339 e. The van der Waals surface area contributed by atoms with E-state index < -0.39 is 30.6 Å². The molecule has 1 aliphatic rings. The quantitative estimate of drug-likeness (QED) is 0.670. The highest BCUT2D eigenvalue weighted by Gasteiger charge is 2.24. The topological polar surface area (TPSA) is 136 Å². The van der Waals surface area contributed by atoms with Crippen LogP contribution in [-0.4, -0.2) is 54.0 Å². The number of ether oxygens (including phenoxy) is 2. The Hall–Kier alpha value is -2.97. The van der Waals surface area contributed by atoms with Crippen LogP contribution in [0, 0.1) is 0 Å². The van der Waals surface area contributed by atoms with Gasteiger partial charge in [-0.3, -0.25) is 4.79 Å². The standard InChI is InChI=1S/C14H10O4.C3H7NO3/c15-13-11-6-5-9-3-1-2-4-10(9)12(11)14(16)18-8-7-17-13;4-2(1-5)3(6)7/h1-6H,7-8H2;2,5H,1,4H2,(H,6,7)/t;2-/m.0/s1. The van der Waals surface area contributed by atoms with E-state index in [1.165, 1.54) is 0 Å². The average Bonchev–Trinajstić information content (AvgIpc) is 2.62. The lowest BCUT2D eigenvalue weighted by molar-refractivity contribution is -0.139. The van der Waals surface area contributed by atoms with Gasteiger partial charge in [-0.15, -0.1) is 0 Å². The van der Waals surface area contributed by atoms with Gasteiger partial charge < -0.3 is 25.4 Å². The highest BCUT2D eigenvalue weighted by Crippen LogP contribution is 2.25. The van der Waals surface area contributed by atoms with Crippen LogP contribution in [0.3, 0.4) is 0 Å². The molecule has 1 aliphatic heterocycles. The molecule has 0 bridgehead atoms. The van der Waals surface area contributed by atoms with Crippen molar-refractivity contribution in [3.05, 3.63) is 47.5 Å². The van der Waals surface area contributed by atoms with Crippen LogP contribution in [0.5, 0.6) is 0 Å². The molecule has 0 amide bonds. The third-order valence-corrected chi connectivity index (χ3v) is 3.42. The van der Waals surface area contributed by atoms with Crippen LogP contribution in [0.4, 0.5) is 0 Å². The third-order valence-electron chi connectivity index (χ3n) is 3.42. The molecular weight excluding hydrogens is 330 g/mol. The minimum Gasteiger partial charge on any atom is -0.480 e. The zero-order valence-electron chi connectivity index (χ0n) is 13.2. The van der Waals surface area contributed by atoms with Gasteiger partial charge in [0.05, 0.1) is 17.7 Å². The van der Waals surface area contributed by atoms with E-state index in [1.54, 1.807) is 18.2 Å². The molecule has 0 saturated carbocycles. The minimum atomic E-state index is -1.18. The van der Waals surface area contributed by atoms with E-state index >= 15 is 0 Å². The Morgan fingerprint density at radius 2 is 1.72 bits per heavy atom. The molecule has 132 valence electrons. The fourth-order valence-electron chi connectivity index (χ4n) is 2.16. The van der Waals surface area contributed by atoms with Crippen molar-refractivity contribution in [2.24, 2.45) is 5.73 Å². The first-order chi connectivity index (χ1) is 12.0. The van der Waals surface area contributed by atoms with Crippen molar-refractivity contribution in [3.8, 4) is 0 Å². The molecule has 1 atom stereocenters. The molecule has 2 aromatic carbocycles. The third kappa shape index (κ3) is 4.31. The Balaban J connectivity index is 0.000000277. The SMILES string of the molecule is N[C@@H](CO)C(=O)O.O=C1OCCOC(=O)c2c1ccc1ccccc21. The summed E-state index contributed by atoms with van der Waals surface area (Å²) in [6, 6.07) is 9.65. The molecule has 25 heavy (non-hydrogen) atoms. The largest absolute Gasteiger partial charge is 0.480 e. The second kappa shape index (κ2) is 8.22. The van der Waals surface area contributed by atoms with Crippen LogP contribution in [-0.2, 0) is 14.3 Å². The molecule has 0 unspecified atom stereocenters. The smallest absolute Gasteiger partial charge is 0.339 e. The highest BCUT2D eigenvalue weighted by atomic mass is 16.6. The van der Waals surface area contributed by atoms with E-state index in [0.29, 0.717) is 5.39 Å². The van der Waals surface area contributed by atoms with Crippen LogP contribution in [0.2, 0.25) is 0 Å². The number of aliphatic carboxylic acids is 1. The van der Waals surface area contributed by atoms with Gasteiger partial charge in [0.15, 0.2) is 0 Å². The number of fused-ring (bicyclic) bond motifs is 3. The van der Waals surface area contributed by atoms with Crippen molar-refractivity contribution in [1.82, 2.24) is 0 Å². The molecule has 0 saturated heterocycles. The number of carbonyl (C=O) groups excluding carboxylic acids is 2. The molecule has 4 N–H and O–H groups in total. The fourth-order valence-corrected chi connectivity index (χ4v) is 2.16. The number of nitrogens with two attached hydrogens (primary N) is 1.